The van der Waals surface area contributed by atoms with Crippen molar-refractivity contribution in [3.05, 3.63) is 0 Å². The lowest BCUT2D eigenvalue weighted by Crippen LogP contribution is -2.22. The topological polar surface area (TPSA) is 77.8 Å². The molecule has 5 nitrogen and oxygen atoms in total. The number of carboxylic acids is 1. The van der Waals surface area contributed by atoms with Crippen molar-refractivity contribution in [2.45, 2.75) is 12.8 Å². The molecule has 0 aromatic carbocycles. The molecule has 0 aromatic heterocycles. The second kappa shape index (κ2) is 5.22. The monoisotopic (exact) mass is 181 g/mol. The number of hydrogen-bond acceptors (Lipinski definition) is 2. The summed E-state index contributed by atoms with van der Waals surface area (Å²) in [6.07, 6.45) is 0.416. The van der Waals surface area contributed by atoms with Gasteiger partial charge in [-0.15, -0.1) is 0 Å². The van der Waals surface area contributed by atoms with Crippen LogP contribution >= 0.6 is 0 Å². The molecule has 0 saturated heterocycles. The Morgan fingerprint density at radius 2 is 2.18 bits per heavy atom. The summed E-state index contributed by atoms with van der Waals surface area (Å²) in [4.78, 5) is 9.99. The highest BCUT2D eigenvalue weighted by Crippen LogP contribution is 1.93. The SMILES string of the molecule is CN(CCCC(=O)O)S(=O)O. The molecule has 1 unspecified atom stereocenters. The van der Waals surface area contributed by atoms with Crippen LogP contribution in [0.15, 0.2) is 0 Å². The number of nitrogens with zero attached hydrogens (tertiary/aromatic N) is 1. The Kier molecular flexibility index (Phi) is 5.01. The average molecular weight is 181 g/mol. The first-order valence-corrected chi connectivity index (χ1v) is 4.14. The summed E-state index contributed by atoms with van der Waals surface area (Å²) in [5.41, 5.74) is 0. The lowest BCUT2D eigenvalue weighted by Gasteiger charge is -2.08. The molecule has 11 heavy (non-hydrogen) atoms. The maximum absolute atomic E-state index is 10.3. The standard InChI is InChI=1S/C5H11NO4S/c1-6(11(9)10)4-2-3-5(7)8/h2-4H2,1H3,(H,7,8)(H,9,10). The van der Waals surface area contributed by atoms with Gasteiger partial charge in [-0.3, -0.25) is 9.35 Å². The van der Waals surface area contributed by atoms with Crippen LogP contribution in [-0.4, -0.2) is 37.7 Å². The van der Waals surface area contributed by atoms with Crippen molar-refractivity contribution in [3.8, 4) is 0 Å². The van der Waals surface area contributed by atoms with Gasteiger partial charge < -0.3 is 5.11 Å². The zero-order valence-corrected chi connectivity index (χ0v) is 7.00. The Hall–Kier alpha value is -0.460. The Morgan fingerprint density at radius 1 is 1.64 bits per heavy atom. The molecule has 1 atom stereocenters. The summed E-state index contributed by atoms with van der Waals surface area (Å²) >= 11 is -1.98. The molecule has 6 heteroatoms. The van der Waals surface area contributed by atoms with E-state index in [1.54, 1.807) is 0 Å². The molecule has 0 aliphatic heterocycles. The van der Waals surface area contributed by atoms with E-state index < -0.39 is 17.2 Å². The first-order chi connectivity index (χ1) is 5.04. The first-order valence-electron chi connectivity index (χ1n) is 3.08. The highest BCUT2D eigenvalue weighted by atomic mass is 32.2. The first kappa shape index (κ1) is 10.5. The van der Waals surface area contributed by atoms with Crippen LogP contribution in [0.25, 0.3) is 0 Å². The van der Waals surface area contributed by atoms with Gasteiger partial charge in [0.25, 0.3) is 0 Å². The van der Waals surface area contributed by atoms with Crippen LogP contribution in [0.4, 0.5) is 0 Å². The minimum absolute atomic E-state index is 0.0293. The second-order valence-electron chi connectivity index (χ2n) is 2.08. The van der Waals surface area contributed by atoms with E-state index in [-0.39, 0.29) is 6.42 Å². The smallest absolute Gasteiger partial charge is 0.303 e. The molecule has 0 aliphatic rings. The zero-order valence-electron chi connectivity index (χ0n) is 6.19. The number of carbonyl (C=O) groups is 1. The van der Waals surface area contributed by atoms with Gasteiger partial charge in [-0.1, -0.05) is 0 Å². The maximum Gasteiger partial charge on any atom is 0.303 e. The maximum atomic E-state index is 10.3. The van der Waals surface area contributed by atoms with E-state index in [9.17, 15) is 9.00 Å². The minimum atomic E-state index is -1.98. The molecule has 2 N–H and O–H groups in total. The van der Waals surface area contributed by atoms with E-state index in [2.05, 4.69) is 0 Å². The van der Waals surface area contributed by atoms with Gasteiger partial charge in [0.1, 0.15) is 0 Å². The zero-order chi connectivity index (χ0) is 8.85. The van der Waals surface area contributed by atoms with Crippen molar-refractivity contribution in [1.29, 1.82) is 0 Å². The number of carboxylic acid groups (broad SMARTS) is 1. The van der Waals surface area contributed by atoms with Gasteiger partial charge in [0, 0.05) is 20.0 Å². The number of hydrogen-bond donors (Lipinski definition) is 2. The van der Waals surface area contributed by atoms with Crippen molar-refractivity contribution in [1.82, 2.24) is 4.31 Å². The Balaban J connectivity index is 3.39. The van der Waals surface area contributed by atoms with Gasteiger partial charge >= 0.3 is 5.97 Å². The molecule has 0 radical (unpaired) electrons. The molecular weight excluding hydrogens is 170 g/mol. The van der Waals surface area contributed by atoms with E-state index in [0.29, 0.717) is 13.0 Å². The van der Waals surface area contributed by atoms with E-state index in [0.717, 1.165) is 0 Å². The largest absolute Gasteiger partial charge is 0.481 e. The highest BCUT2D eigenvalue weighted by molar-refractivity contribution is 7.76. The molecule has 0 rings (SSSR count). The predicted molar refractivity (Wildman–Crippen MR) is 40.3 cm³/mol. The van der Waals surface area contributed by atoms with E-state index >= 15 is 0 Å². The third kappa shape index (κ3) is 5.96. The molecular formula is C5H11NO4S. The van der Waals surface area contributed by atoms with Crippen molar-refractivity contribution in [2.75, 3.05) is 13.6 Å². The van der Waals surface area contributed by atoms with Crippen LogP contribution in [0.5, 0.6) is 0 Å². The summed E-state index contributed by atoms with van der Waals surface area (Å²) in [5.74, 6) is -0.887. The van der Waals surface area contributed by atoms with Crippen LogP contribution in [0.3, 0.4) is 0 Å². The van der Waals surface area contributed by atoms with Crippen molar-refractivity contribution < 1.29 is 18.7 Å². The van der Waals surface area contributed by atoms with Gasteiger partial charge in [0.15, 0.2) is 0 Å². The van der Waals surface area contributed by atoms with Crippen LogP contribution < -0.4 is 0 Å². The van der Waals surface area contributed by atoms with E-state index in [1.807, 2.05) is 0 Å². The van der Waals surface area contributed by atoms with Crippen LogP contribution in [0.1, 0.15) is 12.8 Å². The normalized spacial score (nSPS) is 13.4. The third-order valence-electron chi connectivity index (χ3n) is 1.13. The van der Waals surface area contributed by atoms with E-state index in [1.165, 1.54) is 11.4 Å². The molecule has 0 spiro atoms. The Morgan fingerprint density at radius 3 is 2.55 bits per heavy atom. The molecule has 0 saturated carbocycles. The minimum Gasteiger partial charge on any atom is -0.481 e. The van der Waals surface area contributed by atoms with Crippen LogP contribution in [0, 0.1) is 0 Å². The van der Waals surface area contributed by atoms with Crippen LogP contribution in [0.2, 0.25) is 0 Å². The summed E-state index contributed by atoms with van der Waals surface area (Å²) < 4.78 is 19.9. The predicted octanol–water partition coefficient (Wildman–Crippen LogP) is -0.0803. The van der Waals surface area contributed by atoms with Crippen molar-refractivity contribution >= 4 is 17.2 Å². The average Bonchev–Trinajstić information content (AvgIpc) is 1.86. The quantitative estimate of drug-likeness (QED) is 0.581. The highest BCUT2D eigenvalue weighted by Gasteiger charge is 2.04. The van der Waals surface area contributed by atoms with Gasteiger partial charge in [-0.05, 0) is 6.42 Å². The van der Waals surface area contributed by atoms with E-state index in [4.69, 9.17) is 9.66 Å². The molecule has 0 aliphatic carbocycles. The fourth-order valence-corrected chi connectivity index (χ4v) is 0.816. The molecule has 0 fully saturated rings. The fourth-order valence-electron chi connectivity index (χ4n) is 0.531. The summed E-state index contributed by atoms with van der Waals surface area (Å²) in [6.45, 7) is 0.315. The molecule has 0 amide bonds. The lowest BCUT2D eigenvalue weighted by atomic mass is 10.3. The molecule has 66 valence electrons. The lowest BCUT2D eigenvalue weighted by molar-refractivity contribution is -0.137. The Labute approximate surface area is 67.4 Å². The summed E-state index contributed by atoms with van der Waals surface area (Å²) in [6, 6.07) is 0. The summed E-state index contributed by atoms with van der Waals surface area (Å²) in [7, 11) is 1.46. The Bertz CT molecular complexity index is 161. The van der Waals surface area contributed by atoms with Gasteiger partial charge in [0.2, 0.25) is 11.3 Å². The van der Waals surface area contributed by atoms with Gasteiger partial charge in [-0.25, -0.2) is 8.51 Å². The van der Waals surface area contributed by atoms with Crippen LogP contribution in [-0.2, 0) is 16.1 Å². The van der Waals surface area contributed by atoms with Gasteiger partial charge in [-0.2, -0.15) is 0 Å². The molecule has 0 heterocycles. The number of rotatable bonds is 5. The summed E-state index contributed by atoms with van der Waals surface area (Å²) in [5, 5.41) is 8.21. The fraction of sp³-hybridized carbons (Fsp3) is 0.800. The van der Waals surface area contributed by atoms with Gasteiger partial charge in [0.05, 0.1) is 0 Å². The molecule has 0 bridgehead atoms. The number of aliphatic carboxylic acids is 1. The third-order valence-corrected chi connectivity index (χ3v) is 1.85. The second-order valence-corrected chi connectivity index (χ2v) is 3.16. The molecule has 0 aromatic rings. The van der Waals surface area contributed by atoms with Crippen molar-refractivity contribution in [2.24, 2.45) is 0 Å². The van der Waals surface area contributed by atoms with Crippen molar-refractivity contribution in [3.63, 3.8) is 0 Å².